The largest absolute Gasteiger partial charge is 0.504 e. The number of rotatable bonds is 5. The van der Waals surface area contributed by atoms with E-state index in [1.165, 1.54) is 24.0 Å². The van der Waals surface area contributed by atoms with Gasteiger partial charge in [-0.15, -0.1) is 0 Å². The van der Waals surface area contributed by atoms with E-state index in [2.05, 4.69) is 82.5 Å². The molecule has 3 saturated heterocycles. The standard InChI is InChI=1S/C26H29N3O/c1-28(26-22(30)13-8-16-27-26)24-21-14-17-29(18-15-21)25(24)23(19-9-4-2-5-10-19)20-11-6-3-7-12-20/h2-13,16,21,23-25,30H,14-15,17-18H2,1H3/t24-,25-/m1/s1. The molecule has 0 amide bonds. The van der Waals surface area contributed by atoms with E-state index in [1.807, 2.05) is 0 Å². The Morgan fingerprint density at radius 2 is 1.50 bits per heavy atom. The van der Waals surface area contributed by atoms with Gasteiger partial charge in [0.15, 0.2) is 11.6 Å². The first-order valence-electron chi connectivity index (χ1n) is 10.9. The van der Waals surface area contributed by atoms with Gasteiger partial charge in [-0.2, -0.15) is 0 Å². The zero-order chi connectivity index (χ0) is 20.5. The minimum Gasteiger partial charge on any atom is -0.504 e. The van der Waals surface area contributed by atoms with Crippen LogP contribution in [0.3, 0.4) is 0 Å². The molecule has 2 atom stereocenters. The van der Waals surface area contributed by atoms with Crippen LogP contribution in [-0.2, 0) is 0 Å². The molecule has 3 aliphatic rings. The van der Waals surface area contributed by atoms with Crippen LogP contribution in [0.1, 0.15) is 29.9 Å². The molecule has 0 radical (unpaired) electrons. The third-order valence-electron chi connectivity index (χ3n) is 7.04. The van der Waals surface area contributed by atoms with E-state index in [1.54, 1.807) is 18.3 Å². The first kappa shape index (κ1) is 19.1. The molecule has 6 rings (SSSR count). The summed E-state index contributed by atoms with van der Waals surface area (Å²) in [4.78, 5) is 9.45. The molecule has 0 saturated carbocycles. The zero-order valence-electron chi connectivity index (χ0n) is 17.4. The van der Waals surface area contributed by atoms with Gasteiger partial charge in [-0.05, 0) is 55.1 Å². The number of pyridine rings is 1. The van der Waals surface area contributed by atoms with Crippen molar-refractivity contribution in [2.24, 2.45) is 5.92 Å². The van der Waals surface area contributed by atoms with Crippen molar-refractivity contribution in [3.63, 3.8) is 0 Å². The molecule has 1 aromatic heterocycles. The molecular formula is C26H29N3O. The fraction of sp³-hybridized carbons (Fsp3) is 0.346. The maximum atomic E-state index is 10.5. The number of aromatic hydroxyl groups is 1. The second kappa shape index (κ2) is 8.11. The molecule has 3 aromatic rings. The summed E-state index contributed by atoms with van der Waals surface area (Å²) in [7, 11) is 2.11. The highest BCUT2D eigenvalue weighted by molar-refractivity contribution is 5.52. The molecule has 2 bridgehead atoms. The molecular weight excluding hydrogens is 370 g/mol. The second-order valence-electron chi connectivity index (χ2n) is 8.61. The van der Waals surface area contributed by atoms with Crippen molar-refractivity contribution in [2.75, 3.05) is 25.0 Å². The predicted molar refractivity (Wildman–Crippen MR) is 121 cm³/mol. The van der Waals surface area contributed by atoms with E-state index >= 15 is 0 Å². The van der Waals surface area contributed by atoms with E-state index in [9.17, 15) is 5.11 Å². The molecule has 4 heteroatoms. The maximum absolute atomic E-state index is 10.5. The van der Waals surface area contributed by atoms with E-state index in [4.69, 9.17) is 0 Å². The third kappa shape index (κ3) is 3.35. The minimum atomic E-state index is 0.256. The molecule has 0 spiro atoms. The lowest BCUT2D eigenvalue weighted by molar-refractivity contribution is 0.0183. The summed E-state index contributed by atoms with van der Waals surface area (Å²) in [6.07, 6.45) is 4.18. The van der Waals surface area contributed by atoms with Gasteiger partial charge < -0.3 is 10.0 Å². The van der Waals surface area contributed by atoms with E-state index < -0.39 is 0 Å². The highest BCUT2D eigenvalue weighted by Gasteiger charge is 2.48. The molecule has 3 fully saturated rings. The molecule has 154 valence electrons. The number of aromatic nitrogens is 1. The number of fused-ring (bicyclic) bond motifs is 3. The molecule has 4 heterocycles. The lowest BCUT2D eigenvalue weighted by atomic mass is 9.70. The fourth-order valence-electron chi connectivity index (χ4n) is 5.72. The van der Waals surface area contributed by atoms with E-state index in [0.717, 1.165) is 13.1 Å². The highest BCUT2D eigenvalue weighted by atomic mass is 16.3. The summed E-state index contributed by atoms with van der Waals surface area (Å²) in [6.45, 7) is 2.29. The van der Waals surface area contributed by atoms with Gasteiger partial charge in [0.05, 0.1) is 0 Å². The molecule has 30 heavy (non-hydrogen) atoms. The lowest BCUT2D eigenvalue weighted by Crippen LogP contribution is -2.65. The number of anilines is 1. The van der Waals surface area contributed by atoms with Gasteiger partial charge >= 0.3 is 0 Å². The number of hydrogen-bond acceptors (Lipinski definition) is 4. The quantitative estimate of drug-likeness (QED) is 0.685. The Kier molecular flexibility index (Phi) is 5.17. The van der Waals surface area contributed by atoms with Gasteiger partial charge in [-0.25, -0.2) is 4.98 Å². The number of nitrogens with zero attached hydrogens (tertiary/aromatic N) is 3. The summed E-state index contributed by atoms with van der Waals surface area (Å²) < 4.78 is 0. The molecule has 0 unspecified atom stereocenters. The van der Waals surface area contributed by atoms with Crippen LogP contribution in [-0.4, -0.2) is 47.2 Å². The van der Waals surface area contributed by atoms with Crippen LogP contribution in [0.2, 0.25) is 0 Å². The Hall–Kier alpha value is -2.85. The average Bonchev–Trinajstić information content (AvgIpc) is 2.81. The Labute approximate surface area is 178 Å². The number of hydrogen-bond donors (Lipinski definition) is 1. The van der Waals surface area contributed by atoms with Crippen molar-refractivity contribution in [1.29, 1.82) is 0 Å². The van der Waals surface area contributed by atoms with Crippen molar-refractivity contribution >= 4 is 5.82 Å². The molecule has 0 aliphatic carbocycles. The Morgan fingerprint density at radius 1 is 0.900 bits per heavy atom. The number of benzene rings is 2. The molecule has 2 aromatic carbocycles. The summed E-state index contributed by atoms with van der Waals surface area (Å²) >= 11 is 0. The van der Waals surface area contributed by atoms with Gasteiger partial charge in [0.1, 0.15) is 0 Å². The van der Waals surface area contributed by atoms with Crippen LogP contribution in [0.25, 0.3) is 0 Å². The van der Waals surface area contributed by atoms with Gasteiger partial charge in [0.25, 0.3) is 0 Å². The first-order valence-corrected chi connectivity index (χ1v) is 10.9. The van der Waals surface area contributed by atoms with Crippen LogP contribution >= 0.6 is 0 Å². The summed E-state index contributed by atoms with van der Waals surface area (Å²) in [5.74, 6) is 1.81. The summed E-state index contributed by atoms with van der Waals surface area (Å²) in [5.41, 5.74) is 2.70. The monoisotopic (exact) mass is 399 g/mol. The van der Waals surface area contributed by atoms with Crippen molar-refractivity contribution in [2.45, 2.75) is 30.8 Å². The highest BCUT2D eigenvalue weighted by Crippen LogP contribution is 2.45. The van der Waals surface area contributed by atoms with Crippen LogP contribution in [0.15, 0.2) is 79.0 Å². The Balaban J connectivity index is 1.62. The smallest absolute Gasteiger partial charge is 0.171 e. The van der Waals surface area contributed by atoms with E-state index in [-0.39, 0.29) is 11.7 Å². The summed E-state index contributed by atoms with van der Waals surface area (Å²) in [5, 5.41) is 10.5. The average molecular weight is 400 g/mol. The topological polar surface area (TPSA) is 39.6 Å². The van der Waals surface area contributed by atoms with Crippen LogP contribution in [0.4, 0.5) is 5.82 Å². The summed E-state index contributed by atoms with van der Waals surface area (Å²) in [6, 6.07) is 25.9. The number of likely N-dealkylation sites (N-methyl/N-ethyl adjacent to an activating group) is 1. The zero-order valence-corrected chi connectivity index (χ0v) is 17.4. The lowest BCUT2D eigenvalue weighted by Gasteiger charge is -2.56. The van der Waals surface area contributed by atoms with Crippen molar-refractivity contribution in [3.05, 3.63) is 90.1 Å². The van der Waals surface area contributed by atoms with Gasteiger partial charge in [0.2, 0.25) is 0 Å². The second-order valence-corrected chi connectivity index (χ2v) is 8.61. The maximum Gasteiger partial charge on any atom is 0.171 e. The van der Waals surface area contributed by atoms with Crippen molar-refractivity contribution in [1.82, 2.24) is 9.88 Å². The minimum absolute atomic E-state index is 0.256. The SMILES string of the molecule is CN(c1ncccc1O)[C@@H]1C2CCN(CC2)[C@@H]1C(c1ccccc1)c1ccccc1. The van der Waals surface area contributed by atoms with Gasteiger partial charge in [0, 0.05) is 31.2 Å². The predicted octanol–water partition coefficient (Wildman–Crippen LogP) is 4.52. The van der Waals surface area contributed by atoms with Crippen molar-refractivity contribution in [3.8, 4) is 5.75 Å². The normalized spacial score (nSPS) is 25.4. The van der Waals surface area contributed by atoms with Crippen LogP contribution in [0, 0.1) is 5.92 Å². The van der Waals surface area contributed by atoms with Crippen molar-refractivity contribution < 1.29 is 5.11 Å². The molecule has 4 nitrogen and oxygen atoms in total. The van der Waals surface area contributed by atoms with Gasteiger partial charge in [-0.1, -0.05) is 60.7 Å². The Bertz CT molecular complexity index is 930. The fourth-order valence-corrected chi connectivity index (χ4v) is 5.72. The number of piperidine rings is 3. The molecule has 1 N–H and O–H groups in total. The first-order chi connectivity index (χ1) is 14.7. The van der Waals surface area contributed by atoms with Crippen LogP contribution in [0.5, 0.6) is 5.75 Å². The van der Waals surface area contributed by atoms with Gasteiger partial charge in [-0.3, -0.25) is 4.90 Å². The molecule has 3 aliphatic heterocycles. The third-order valence-corrected chi connectivity index (χ3v) is 7.04. The van der Waals surface area contributed by atoms with E-state index in [0.29, 0.717) is 23.8 Å². The Morgan fingerprint density at radius 3 is 2.07 bits per heavy atom. The van der Waals surface area contributed by atoms with Crippen LogP contribution < -0.4 is 4.90 Å².